The third-order valence-electron chi connectivity index (χ3n) is 5.64. The topological polar surface area (TPSA) is 42.3 Å². The van der Waals surface area contributed by atoms with Gasteiger partial charge in [-0.1, -0.05) is 19.4 Å². The lowest BCUT2D eigenvalue weighted by Crippen LogP contribution is -2.48. The van der Waals surface area contributed by atoms with Crippen LogP contribution in [-0.4, -0.2) is 28.5 Å². The van der Waals surface area contributed by atoms with Crippen molar-refractivity contribution in [3.8, 4) is 0 Å². The van der Waals surface area contributed by atoms with Crippen molar-refractivity contribution in [2.24, 2.45) is 5.92 Å². The Morgan fingerprint density at radius 3 is 2.96 bits per heavy atom. The van der Waals surface area contributed by atoms with E-state index in [9.17, 15) is 9.59 Å². The van der Waals surface area contributed by atoms with Crippen LogP contribution in [0.15, 0.2) is 41.2 Å². The molecule has 0 spiro atoms. The maximum atomic E-state index is 12.7. The van der Waals surface area contributed by atoms with Crippen molar-refractivity contribution in [3.63, 3.8) is 0 Å². The van der Waals surface area contributed by atoms with Crippen LogP contribution in [0.1, 0.15) is 47.6 Å². The Morgan fingerprint density at radius 2 is 2.11 bits per heavy atom. The fraction of sp³-hybridized carbons (Fsp3) is 0.455. The van der Waals surface area contributed by atoms with Crippen molar-refractivity contribution in [1.82, 2.24) is 9.47 Å². The van der Waals surface area contributed by atoms with Crippen LogP contribution in [0.5, 0.6) is 0 Å². The molecule has 0 saturated carbocycles. The first-order chi connectivity index (χ1) is 13.1. The average Bonchev–Trinajstić information content (AvgIpc) is 3.13. The van der Waals surface area contributed by atoms with Crippen LogP contribution in [0.3, 0.4) is 0 Å². The second-order valence-electron chi connectivity index (χ2n) is 7.68. The molecule has 0 radical (unpaired) electrons. The van der Waals surface area contributed by atoms with Crippen LogP contribution in [0, 0.1) is 5.92 Å². The number of nitrogens with zero attached hydrogens (tertiary/aromatic N) is 2. The van der Waals surface area contributed by atoms with Crippen molar-refractivity contribution in [3.05, 3.63) is 62.2 Å². The zero-order valence-corrected chi connectivity index (χ0v) is 16.6. The van der Waals surface area contributed by atoms with Gasteiger partial charge >= 0.3 is 0 Å². The quantitative estimate of drug-likeness (QED) is 0.736. The summed E-state index contributed by atoms with van der Waals surface area (Å²) in [5, 5.41) is 0. The Bertz CT molecular complexity index is 911. The zero-order chi connectivity index (χ0) is 18.8. The average molecular weight is 383 g/mol. The molecule has 4 rings (SSSR count). The summed E-state index contributed by atoms with van der Waals surface area (Å²) in [5.74, 6) is 0.724. The molecule has 2 aliphatic heterocycles. The molecule has 4 nitrogen and oxygen atoms in total. The van der Waals surface area contributed by atoms with Gasteiger partial charge in [0, 0.05) is 53.1 Å². The molecule has 2 unspecified atom stereocenters. The third kappa shape index (κ3) is 3.93. The second kappa shape index (κ2) is 7.85. The van der Waals surface area contributed by atoms with Crippen molar-refractivity contribution in [2.45, 2.75) is 45.1 Å². The van der Waals surface area contributed by atoms with E-state index in [0.29, 0.717) is 12.5 Å². The first-order valence-electron chi connectivity index (χ1n) is 9.89. The summed E-state index contributed by atoms with van der Waals surface area (Å²) < 4.78 is 1.90. The van der Waals surface area contributed by atoms with Gasteiger partial charge in [0.15, 0.2) is 0 Å². The number of unbranched alkanes of at least 4 members (excludes halogenated alkanes) is 1. The molecule has 2 aromatic heterocycles. The van der Waals surface area contributed by atoms with E-state index in [1.54, 1.807) is 23.5 Å². The number of aromatic nitrogens is 1. The van der Waals surface area contributed by atoms with Crippen LogP contribution in [0.4, 0.5) is 0 Å². The van der Waals surface area contributed by atoms with E-state index < -0.39 is 0 Å². The number of aryl methyl sites for hydroxylation is 1. The number of likely N-dealkylation sites (tertiary alicyclic amines) is 1. The Labute approximate surface area is 164 Å². The minimum atomic E-state index is 0.0819. The lowest BCUT2D eigenvalue weighted by atomic mass is 9.83. The molecule has 2 aliphatic rings. The van der Waals surface area contributed by atoms with Crippen LogP contribution >= 0.6 is 11.3 Å². The number of piperidine rings is 1. The van der Waals surface area contributed by atoms with Gasteiger partial charge in [-0.25, -0.2) is 0 Å². The standard InChI is InChI=1S/C22H26N2O2S/c1-2-3-5-18-8-9-19(27-18)10-11-21(25)23-13-16-12-17(15-23)20-6-4-7-22(26)24(20)14-16/h4,6-11,16-17H,2-3,5,12-15H2,1H3. The second-order valence-corrected chi connectivity index (χ2v) is 8.88. The molecule has 0 aliphatic carbocycles. The monoisotopic (exact) mass is 382 g/mol. The van der Waals surface area contributed by atoms with E-state index in [1.165, 1.54) is 17.7 Å². The summed E-state index contributed by atoms with van der Waals surface area (Å²) in [6.45, 7) is 4.38. The van der Waals surface area contributed by atoms with E-state index in [0.717, 1.165) is 36.5 Å². The highest BCUT2D eigenvalue weighted by Gasteiger charge is 2.35. The third-order valence-corrected chi connectivity index (χ3v) is 6.75. The van der Waals surface area contributed by atoms with E-state index in [4.69, 9.17) is 0 Å². The first kappa shape index (κ1) is 18.2. The molecule has 1 amide bonds. The number of carbonyl (C=O) groups excluding carboxylic acids is 1. The molecular weight excluding hydrogens is 356 g/mol. The number of hydrogen-bond acceptors (Lipinski definition) is 3. The summed E-state index contributed by atoms with van der Waals surface area (Å²) in [6, 6.07) is 9.78. The summed E-state index contributed by atoms with van der Waals surface area (Å²) in [7, 11) is 0. The van der Waals surface area contributed by atoms with Crippen molar-refractivity contribution in [2.75, 3.05) is 13.1 Å². The van der Waals surface area contributed by atoms with Gasteiger partial charge in [0.2, 0.25) is 5.91 Å². The minimum absolute atomic E-state index is 0.0819. The normalized spacial score (nSPS) is 21.4. The lowest BCUT2D eigenvalue weighted by molar-refractivity contribution is -0.128. The predicted octanol–water partition coefficient (Wildman–Crippen LogP) is 3.91. The number of fused-ring (bicyclic) bond motifs is 4. The van der Waals surface area contributed by atoms with Gasteiger partial charge in [-0.2, -0.15) is 0 Å². The van der Waals surface area contributed by atoms with Gasteiger partial charge in [0.05, 0.1) is 0 Å². The van der Waals surface area contributed by atoms with Gasteiger partial charge in [-0.3, -0.25) is 9.59 Å². The summed E-state index contributed by atoms with van der Waals surface area (Å²) >= 11 is 1.77. The number of thiophene rings is 1. The van der Waals surface area contributed by atoms with E-state index in [2.05, 4.69) is 19.1 Å². The van der Waals surface area contributed by atoms with Crippen LogP contribution < -0.4 is 5.56 Å². The number of pyridine rings is 1. The fourth-order valence-corrected chi connectivity index (χ4v) is 5.26. The largest absolute Gasteiger partial charge is 0.338 e. The highest BCUT2D eigenvalue weighted by molar-refractivity contribution is 7.12. The Balaban J connectivity index is 1.43. The molecule has 2 aromatic rings. The maximum absolute atomic E-state index is 12.7. The van der Waals surface area contributed by atoms with Crippen molar-refractivity contribution < 1.29 is 4.79 Å². The van der Waals surface area contributed by atoms with Crippen LogP contribution in [-0.2, 0) is 17.8 Å². The van der Waals surface area contributed by atoms with Crippen LogP contribution in [0.25, 0.3) is 6.08 Å². The van der Waals surface area contributed by atoms with Gasteiger partial charge in [0.25, 0.3) is 5.56 Å². The van der Waals surface area contributed by atoms with Gasteiger partial charge in [-0.05, 0) is 49.5 Å². The van der Waals surface area contributed by atoms with E-state index >= 15 is 0 Å². The highest BCUT2D eigenvalue weighted by Crippen LogP contribution is 2.35. The van der Waals surface area contributed by atoms with E-state index in [-0.39, 0.29) is 17.4 Å². The van der Waals surface area contributed by atoms with Crippen molar-refractivity contribution in [1.29, 1.82) is 0 Å². The Hall–Kier alpha value is -2.14. The SMILES string of the molecule is CCCCc1ccc(C=CC(=O)N2CC3CC(C2)c2cccc(=O)n2C3)s1. The van der Waals surface area contributed by atoms with Gasteiger partial charge in [0.1, 0.15) is 0 Å². The summed E-state index contributed by atoms with van der Waals surface area (Å²) in [5.41, 5.74) is 1.16. The molecule has 4 heterocycles. The molecular formula is C22H26N2O2S. The molecule has 0 N–H and O–H groups in total. The van der Waals surface area contributed by atoms with Gasteiger partial charge in [-0.15, -0.1) is 11.3 Å². The zero-order valence-electron chi connectivity index (χ0n) is 15.8. The predicted molar refractivity (Wildman–Crippen MR) is 110 cm³/mol. The fourth-order valence-electron chi connectivity index (χ4n) is 4.30. The maximum Gasteiger partial charge on any atom is 0.250 e. The van der Waals surface area contributed by atoms with Gasteiger partial charge < -0.3 is 9.47 Å². The lowest BCUT2D eigenvalue weighted by Gasteiger charge is -2.42. The number of rotatable bonds is 5. The van der Waals surface area contributed by atoms with Crippen LogP contribution in [0.2, 0.25) is 0 Å². The molecule has 142 valence electrons. The molecule has 1 fully saturated rings. The summed E-state index contributed by atoms with van der Waals surface area (Å²) in [4.78, 5) is 29.3. The first-order valence-corrected chi connectivity index (χ1v) is 10.7. The Kier molecular flexibility index (Phi) is 5.30. The minimum Gasteiger partial charge on any atom is -0.338 e. The summed E-state index contributed by atoms with van der Waals surface area (Å²) in [6.07, 6.45) is 8.28. The number of amides is 1. The molecule has 1 saturated heterocycles. The molecule has 0 aromatic carbocycles. The Morgan fingerprint density at radius 1 is 1.22 bits per heavy atom. The highest BCUT2D eigenvalue weighted by atomic mass is 32.1. The molecule has 5 heteroatoms. The molecule has 2 atom stereocenters. The van der Waals surface area contributed by atoms with E-state index in [1.807, 2.05) is 27.7 Å². The number of hydrogen-bond donors (Lipinski definition) is 0. The van der Waals surface area contributed by atoms with Crippen molar-refractivity contribution >= 4 is 23.3 Å². The molecule has 27 heavy (non-hydrogen) atoms. The molecule has 2 bridgehead atoms. The number of carbonyl (C=O) groups is 1. The smallest absolute Gasteiger partial charge is 0.250 e.